The first kappa shape index (κ1) is 28.9. The Balaban J connectivity index is 1.26. The van der Waals surface area contributed by atoms with Gasteiger partial charge in [-0.15, -0.1) is 0 Å². The number of carbonyl (C=O) groups excluding carboxylic acids is 2. The zero-order valence-electron chi connectivity index (χ0n) is 23.5. The standard InChI is InChI=1S/C32H37F3N4O2/c1-38(2)31(41)18-21-13-14-39(30(40)12-7-20-15-26(33)32(35)27(34)16-20)29(17-21)37-23-10-8-22(9-11-23)25-19-36-28-6-4-3-5-24(25)28/h3-7,12,15-16,19,21-23,29,36-37H,8-11,13-14,17-18H2,1-2H3/b12-7+. The van der Waals surface area contributed by atoms with E-state index in [9.17, 15) is 22.8 Å². The van der Waals surface area contributed by atoms with Crippen molar-refractivity contribution in [2.45, 2.75) is 63.1 Å². The number of aromatic nitrogens is 1. The number of benzene rings is 2. The Morgan fingerprint density at radius 1 is 1.05 bits per heavy atom. The fourth-order valence-corrected chi connectivity index (χ4v) is 6.28. The van der Waals surface area contributed by atoms with E-state index in [0.29, 0.717) is 31.7 Å². The zero-order valence-corrected chi connectivity index (χ0v) is 23.5. The molecule has 2 heterocycles. The van der Waals surface area contributed by atoms with Gasteiger partial charge in [-0.2, -0.15) is 0 Å². The zero-order chi connectivity index (χ0) is 29.1. The lowest BCUT2D eigenvalue weighted by Crippen LogP contribution is -2.56. The Kier molecular flexibility index (Phi) is 8.82. The molecule has 1 saturated carbocycles. The normalized spacial score (nSPS) is 23.3. The van der Waals surface area contributed by atoms with E-state index in [2.05, 4.69) is 34.7 Å². The largest absolute Gasteiger partial charge is 0.361 e. The van der Waals surface area contributed by atoms with Gasteiger partial charge in [-0.05, 0) is 85.8 Å². The molecule has 0 radical (unpaired) electrons. The van der Waals surface area contributed by atoms with Crippen molar-refractivity contribution in [1.29, 1.82) is 0 Å². The minimum absolute atomic E-state index is 0.0630. The molecule has 2 unspecified atom stereocenters. The van der Waals surface area contributed by atoms with Gasteiger partial charge in [0.15, 0.2) is 17.5 Å². The summed E-state index contributed by atoms with van der Waals surface area (Å²) < 4.78 is 40.6. The number of fused-ring (bicyclic) bond motifs is 1. The van der Waals surface area contributed by atoms with Gasteiger partial charge < -0.3 is 14.8 Å². The van der Waals surface area contributed by atoms with Gasteiger partial charge in [0.05, 0.1) is 6.17 Å². The molecule has 1 aromatic heterocycles. The first-order chi connectivity index (χ1) is 19.7. The summed E-state index contributed by atoms with van der Waals surface area (Å²) in [7, 11) is 3.49. The summed E-state index contributed by atoms with van der Waals surface area (Å²) in [5.74, 6) is -3.76. The highest BCUT2D eigenvalue weighted by molar-refractivity contribution is 5.92. The summed E-state index contributed by atoms with van der Waals surface area (Å²) in [5, 5.41) is 4.99. The van der Waals surface area contributed by atoms with E-state index in [1.807, 2.05) is 6.07 Å². The number of para-hydroxylation sites is 1. The molecule has 9 heteroatoms. The number of hydrogen-bond acceptors (Lipinski definition) is 3. The Labute approximate surface area is 238 Å². The maximum atomic E-state index is 13.7. The van der Waals surface area contributed by atoms with Crippen LogP contribution in [0.2, 0.25) is 0 Å². The van der Waals surface area contributed by atoms with Crippen molar-refractivity contribution < 1.29 is 22.8 Å². The van der Waals surface area contributed by atoms with Gasteiger partial charge in [-0.3, -0.25) is 14.9 Å². The Bertz CT molecular complexity index is 1400. The van der Waals surface area contributed by atoms with Crippen molar-refractivity contribution in [3.05, 3.63) is 77.2 Å². The first-order valence-corrected chi connectivity index (χ1v) is 14.3. The van der Waals surface area contributed by atoms with Crippen molar-refractivity contribution in [3.63, 3.8) is 0 Å². The molecule has 2 N–H and O–H groups in total. The number of carbonyl (C=O) groups is 2. The van der Waals surface area contributed by atoms with Crippen LogP contribution in [0.25, 0.3) is 17.0 Å². The third-order valence-electron chi connectivity index (χ3n) is 8.60. The number of piperidine rings is 1. The number of likely N-dealkylation sites (tertiary alicyclic amines) is 1. The quantitative estimate of drug-likeness (QED) is 0.274. The van der Waals surface area contributed by atoms with Gasteiger partial charge in [-0.25, -0.2) is 13.2 Å². The monoisotopic (exact) mass is 566 g/mol. The molecule has 0 spiro atoms. The van der Waals surface area contributed by atoms with Crippen LogP contribution in [0, 0.1) is 23.4 Å². The van der Waals surface area contributed by atoms with Crippen LogP contribution in [0.4, 0.5) is 13.2 Å². The molecular formula is C32H37F3N4O2. The molecular weight excluding hydrogens is 529 g/mol. The molecule has 0 bridgehead atoms. The van der Waals surface area contributed by atoms with Crippen LogP contribution < -0.4 is 5.32 Å². The molecule has 2 atom stereocenters. The minimum Gasteiger partial charge on any atom is -0.361 e. The molecule has 2 aromatic carbocycles. The van der Waals surface area contributed by atoms with Crippen LogP contribution in [-0.4, -0.2) is 59.4 Å². The SMILES string of the molecule is CN(C)C(=O)CC1CCN(C(=O)/C=C/c2cc(F)c(F)c(F)c2)C(NC2CCC(c3c[nH]c4ccccc34)CC2)C1. The van der Waals surface area contributed by atoms with Crippen molar-refractivity contribution >= 4 is 28.8 Å². The van der Waals surface area contributed by atoms with E-state index in [-0.39, 0.29) is 35.5 Å². The molecule has 41 heavy (non-hydrogen) atoms. The fourth-order valence-electron chi connectivity index (χ4n) is 6.28. The van der Waals surface area contributed by atoms with E-state index >= 15 is 0 Å². The van der Waals surface area contributed by atoms with Crippen molar-refractivity contribution in [1.82, 2.24) is 20.1 Å². The third-order valence-corrected chi connectivity index (χ3v) is 8.60. The van der Waals surface area contributed by atoms with Crippen LogP contribution in [-0.2, 0) is 9.59 Å². The Morgan fingerprint density at radius 2 is 1.76 bits per heavy atom. The summed E-state index contributed by atoms with van der Waals surface area (Å²) in [6.07, 6.45) is 10.2. The number of rotatable bonds is 7. The van der Waals surface area contributed by atoms with E-state index < -0.39 is 17.5 Å². The van der Waals surface area contributed by atoms with Crippen molar-refractivity contribution in [3.8, 4) is 0 Å². The summed E-state index contributed by atoms with van der Waals surface area (Å²) in [6.45, 7) is 0.461. The lowest BCUT2D eigenvalue weighted by molar-refractivity contribution is -0.133. The second-order valence-electron chi connectivity index (χ2n) is 11.6. The predicted octanol–water partition coefficient (Wildman–Crippen LogP) is 5.96. The lowest BCUT2D eigenvalue weighted by atomic mass is 9.81. The maximum Gasteiger partial charge on any atom is 0.247 e. The second kappa shape index (κ2) is 12.5. The van der Waals surface area contributed by atoms with Gasteiger partial charge in [0.1, 0.15) is 0 Å². The van der Waals surface area contributed by atoms with Crippen LogP contribution in [0.15, 0.2) is 48.7 Å². The van der Waals surface area contributed by atoms with E-state index in [4.69, 9.17) is 0 Å². The summed E-state index contributed by atoms with van der Waals surface area (Å²) in [5.41, 5.74) is 2.58. The van der Waals surface area contributed by atoms with Crippen molar-refractivity contribution in [2.24, 2.45) is 5.92 Å². The third kappa shape index (κ3) is 6.67. The highest BCUT2D eigenvalue weighted by Crippen LogP contribution is 2.37. The Morgan fingerprint density at radius 3 is 2.46 bits per heavy atom. The molecule has 1 aliphatic heterocycles. The number of halogens is 3. The van der Waals surface area contributed by atoms with Crippen LogP contribution in [0.3, 0.4) is 0 Å². The van der Waals surface area contributed by atoms with E-state index in [1.165, 1.54) is 23.1 Å². The highest BCUT2D eigenvalue weighted by atomic mass is 19.2. The van der Waals surface area contributed by atoms with Crippen LogP contribution >= 0.6 is 0 Å². The van der Waals surface area contributed by atoms with Gasteiger partial charge >= 0.3 is 0 Å². The predicted molar refractivity (Wildman–Crippen MR) is 153 cm³/mol. The number of nitrogens with zero attached hydrogens (tertiary/aromatic N) is 2. The average molecular weight is 567 g/mol. The Hall–Kier alpha value is -3.59. The van der Waals surface area contributed by atoms with Crippen LogP contribution in [0.1, 0.15) is 62.0 Å². The number of nitrogens with one attached hydrogen (secondary N) is 2. The molecule has 1 aliphatic carbocycles. The average Bonchev–Trinajstić information content (AvgIpc) is 3.39. The molecule has 3 aromatic rings. The van der Waals surface area contributed by atoms with E-state index in [1.54, 1.807) is 23.9 Å². The van der Waals surface area contributed by atoms with Gasteiger partial charge in [0.2, 0.25) is 11.8 Å². The molecule has 1 saturated heterocycles. The number of hydrogen-bond donors (Lipinski definition) is 2. The number of H-pyrrole nitrogens is 1. The van der Waals surface area contributed by atoms with Gasteiger partial charge in [-0.1, -0.05) is 18.2 Å². The van der Waals surface area contributed by atoms with Gasteiger partial charge in [0, 0.05) is 56.3 Å². The molecule has 2 fully saturated rings. The summed E-state index contributed by atoms with van der Waals surface area (Å²) in [6, 6.07) is 10.3. The molecule has 6 nitrogen and oxygen atoms in total. The maximum absolute atomic E-state index is 13.7. The molecule has 218 valence electrons. The van der Waals surface area contributed by atoms with Gasteiger partial charge in [0.25, 0.3) is 0 Å². The first-order valence-electron chi connectivity index (χ1n) is 14.3. The number of aromatic amines is 1. The molecule has 2 amide bonds. The smallest absolute Gasteiger partial charge is 0.247 e. The van der Waals surface area contributed by atoms with Crippen LogP contribution in [0.5, 0.6) is 0 Å². The summed E-state index contributed by atoms with van der Waals surface area (Å²) >= 11 is 0. The van der Waals surface area contributed by atoms with Crippen molar-refractivity contribution in [2.75, 3.05) is 20.6 Å². The fraction of sp³-hybridized carbons (Fsp3) is 0.438. The molecule has 5 rings (SSSR count). The minimum atomic E-state index is -1.54. The highest BCUT2D eigenvalue weighted by Gasteiger charge is 2.34. The topological polar surface area (TPSA) is 68.4 Å². The van der Waals surface area contributed by atoms with E-state index in [0.717, 1.165) is 43.3 Å². The lowest BCUT2D eigenvalue weighted by Gasteiger charge is -2.42. The molecule has 2 aliphatic rings. The second-order valence-corrected chi connectivity index (χ2v) is 11.6. The summed E-state index contributed by atoms with van der Waals surface area (Å²) in [4.78, 5) is 32.4. The number of amides is 2.